The number of allylic oxidation sites excluding steroid dienone is 6. The zero-order chi connectivity index (χ0) is 44.2. The second kappa shape index (κ2) is 28.2. The van der Waals surface area contributed by atoms with Crippen molar-refractivity contribution in [3.63, 3.8) is 0 Å². The molecule has 0 heterocycles. The summed E-state index contributed by atoms with van der Waals surface area (Å²) in [5, 5.41) is 0. The average molecular weight is 827 g/mol. The first-order valence-corrected chi connectivity index (χ1v) is 21.2. The molecule has 0 aliphatic rings. The molecule has 0 amide bonds. The Morgan fingerprint density at radius 3 is 1.26 bits per heavy atom. The lowest BCUT2D eigenvalue weighted by Gasteiger charge is -2.12. The van der Waals surface area contributed by atoms with Crippen LogP contribution in [0.25, 0.3) is 27.8 Å². The van der Waals surface area contributed by atoms with Crippen LogP contribution in [0.3, 0.4) is 0 Å². The highest BCUT2D eigenvalue weighted by Crippen LogP contribution is 2.29. The molecule has 8 nitrogen and oxygen atoms in total. The summed E-state index contributed by atoms with van der Waals surface area (Å²) in [6.45, 7) is 21.8. The number of unbranched alkanes of at least 4 members (excludes halogenated alkanes) is 8. The van der Waals surface area contributed by atoms with Gasteiger partial charge < -0.3 is 18.9 Å². The minimum atomic E-state index is -0.556. The first-order valence-electron chi connectivity index (χ1n) is 21.2. The van der Waals surface area contributed by atoms with Crippen LogP contribution in [-0.2, 0) is 28.5 Å². The Morgan fingerprint density at radius 1 is 0.459 bits per heavy atom. The highest BCUT2D eigenvalue weighted by molar-refractivity contribution is 5.99. The summed E-state index contributed by atoms with van der Waals surface area (Å²) in [4.78, 5) is 52.2. The van der Waals surface area contributed by atoms with Crippen molar-refractivity contribution >= 4 is 29.5 Å². The Labute approximate surface area is 363 Å². The molecule has 0 atom stereocenters. The number of rotatable bonds is 29. The minimum Gasteiger partial charge on any atom is -0.462 e. The molecular weight excluding hydrogens is 765 g/mol. The lowest BCUT2D eigenvalue weighted by molar-refractivity contribution is -0.139. The summed E-state index contributed by atoms with van der Waals surface area (Å²) in [6, 6.07) is 20.5. The van der Waals surface area contributed by atoms with E-state index in [1.54, 1.807) is 25.1 Å². The van der Waals surface area contributed by atoms with E-state index in [-0.39, 0.29) is 48.7 Å². The first-order chi connectivity index (χ1) is 29.6. The Balaban J connectivity index is 1.82. The number of hydrogen-bond donors (Lipinski definition) is 0. The zero-order valence-electron chi connectivity index (χ0n) is 35.9. The molecule has 0 unspecified atom stereocenters. The van der Waals surface area contributed by atoms with Gasteiger partial charge in [0, 0.05) is 5.57 Å². The van der Waals surface area contributed by atoms with Crippen molar-refractivity contribution in [2.45, 2.75) is 84.0 Å². The van der Waals surface area contributed by atoms with E-state index in [9.17, 15) is 19.2 Å². The zero-order valence-corrected chi connectivity index (χ0v) is 35.9. The molecule has 8 heteroatoms. The summed E-state index contributed by atoms with van der Waals surface area (Å²) in [5.74, 6) is -2.06. The van der Waals surface area contributed by atoms with E-state index in [1.165, 1.54) is 12.1 Å². The number of ether oxygens (including phenoxy) is 4. The largest absolute Gasteiger partial charge is 0.462 e. The number of carbonyl (C=O) groups is 4. The van der Waals surface area contributed by atoms with Crippen molar-refractivity contribution < 1.29 is 38.1 Å². The fraction of sp³-hybridized carbons (Fsp3) is 0.321. The van der Waals surface area contributed by atoms with E-state index < -0.39 is 23.9 Å². The van der Waals surface area contributed by atoms with Crippen molar-refractivity contribution in [3.8, 4) is 22.3 Å². The average Bonchev–Trinajstić information content (AvgIpc) is 3.28. The lowest BCUT2D eigenvalue weighted by atomic mass is 9.96. The minimum absolute atomic E-state index is 0.190. The highest BCUT2D eigenvalue weighted by atomic mass is 16.5. The molecule has 0 bridgehead atoms. The quantitative estimate of drug-likeness (QED) is 0.0170. The summed E-state index contributed by atoms with van der Waals surface area (Å²) in [7, 11) is 0. The van der Waals surface area contributed by atoms with E-state index in [0.29, 0.717) is 30.4 Å². The van der Waals surface area contributed by atoms with Gasteiger partial charge in [-0.1, -0.05) is 79.4 Å². The summed E-state index contributed by atoms with van der Waals surface area (Å²) in [6.07, 6.45) is 20.1. The van der Waals surface area contributed by atoms with Gasteiger partial charge in [0.05, 0.1) is 43.1 Å². The molecule has 0 radical (unpaired) electrons. The van der Waals surface area contributed by atoms with E-state index in [0.717, 1.165) is 80.0 Å². The predicted molar refractivity (Wildman–Crippen MR) is 247 cm³/mol. The summed E-state index contributed by atoms with van der Waals surface area (Å²) in [5.41, 5.74) is 5.70. The summed E-state index contributed by atoms with van der Waals surface area (Å²) >= 11 is 0. The van der Waals surface area contributed by atoms with Gasteiger partial charge >= 0.3 is 23.9 Å². The topological polar surface area (TPSA) is 105 Å². The van der Waals surface area contributed by atoms with Crippen molar-refractivity contribution in [3.05, 3.63) is 164 Å². The van der Waals surface area contributed by atoms with E-state index >= 15 is 0 Å². The first kappa shape index (κ1) is 49.1. The number of carbonyl (C=O) groups excluding carboxylic acids is 4. The van der Waals surface area contributed by atoms with Crippen LogP contribution in [0, 0.1) is 0 Å². The molecule has 0 fully saturated rings. The van der Waals surface area contributed by atoms with Crippen LogP contribution in [0.5, 0.6) is 0 Å². The number of hydrogen-bond acceptors (Lipinski definition) is 8. The third kappa shape index (κ3) is 17.9. The van der Waals surface area contributed by atoms with Gasteiger partial charge in [0.15, 0.2) is 0 Å². The van der Waals surface area contributed by atoms with E-state index in [4.69, 9.17) is 18.9 Å². The van der Waals surface area contributed by atoms with Gasteiger partial charge in [0.1, 0.15) is 0 Å². The SMILES string of the molecule is C=CCCCCOC(=O)/C(C)=C/C(=C\C(=C)c1ccc(-c2ccc(-c3cc(C(=O)OCCCCC=C)cc(C(=O)OCCCCC=C)c3)cc2)cc1)C(=O)OCCCCC=C. The fourth-order valence-corrected chi connectivity index (χ4v) is 6.07. The Bertz CT molecular complexity index is 1970. The van der Waals surface area contributed by atoms with Crippen LogP contribution in [-0.4, -0.2) is 50.3 Å². The molecule has 322 valence electrons. The molecule has 3 aromatic carbocycles. The predicted octanol–water partition coefficient (Wildman–Crippen LogP) is 12.7. The molecule has 0 saturated carbocycles. The molecule has 0 spiro atoms. The summed E-state index contributed by atoms with van der Waals surface area (Å²) < 4.78 is 22.1. The second-order valence-electron chi connectivity index (χ2n) is 14.6. The molecule has 0 aliphatic heterocycles. The van der Waals surface area contributed by atoms with Crippen molar-refractivity contribution in [2.24, 2.45) is 0 Å². The van der Waals surface area contributed by atoms with Crippen LogP contribution in [0.1, 0.15) is 110 Å². The van der Waals surface area contributed by atoms with Crippen LogP contribution >= 0.6 is 0 Å². The Morgan fingerprint density at radius 2 is 0.836 bits per heavy atom. The monoisotopic (exact) mass is 826 g/mol. The molecule has 0 saturated heterocycles. The molecule has 0 aliphatic carbocycles. The second-order valence-corrected chi connectivity index (χ2v) is 14.6. The fourth-order valence-electron chi connectivity index (χ4n) is 6.07. The maximum atomic E-state index is 13.2. The van der Waals surface area contributed by atoms with Crippen molar-refractivity contribution in [2.75, 3.05) is 26.4 Å². The maximum absolute atomic E-state index is 13.2. The van der Waals surface area contributed by atoms with Crippen LogP contribution in [0.4, 0.5) is 0 Å². The standard InChI is InChI=1S/C53H62O8/c1-7-11-15-19-31-58-50(54)41(6)36-47(51(55)59-32-20-16-12-8-2)35-40(5)42-23-25-43(26-24-42)44-27-29-45(30-28-44)46-37-48(52(56)60-33-21-17-13-9-3)39-49(38-46)53(57)61-34-22-18-14-10-4/h7-10,23-30,35-39H,1-5,11-22,31-34H2,6H3/b41-36+,47-35+. The van der Waals surface area contributed by atoms with Gasteiger partial charge in [-0.3, -0.25) is 0 Å². The molecule has 0 aromatic heterocycles. The smallest absolute Gasteiger partial charge is 0.338 e. The van der Waals surface area contributed by atoms with Crippen LogP contribution in [0.15, 0.2) is 147 Å². The molecule has 3 aromatic rings. The molecular formula is C53H62O8. The van der Waals surface area contributed by atoms with Gasteiger partial charge in [-0.2, -0.15) is 0 Å². The van der Waals surface area contributed by atoms with Crippen LogP contribution in [0.2, 0.25) is 0 Å². The molecule has 3 rings (SSSR count). The third-order valence-corrected chi connectivity index (χ3v) is 9.61. The van der Waals surface area contributed by atoms with E-state index in [2.05, 4.69) is 32.9 Å². The van der Waals surface area contributed by atoms with Crippen molar-refractivity contribution in [1.29, 1.82) is 0 Å². The number of benzene rings is 3. The van der Waals surface area contributed by atoms with Crippen molar-refractivity contribution in [1.82, 2.24) is 0 Å². The van der Waals surface area contributed by atoms with Gasteiger partial charge in [0.25, 0.3) is 0 Å². The van der Waals surface area contributed by atoms with Crippen LogP contribution < -0.4 is 0 Å². The van der Waals surface area contributed by atoms with Gasteiger partial charge in [0.2, 0.25) is 0 Å². The molecule has 0 N–H and O–H groups in total. The number of esters is 4. The maximum Gasteiger partial charge on any atom is 0.338 e. The van der Waals surface area contributed by atoms with E-state index in [1.807, 2.05) is 72.8 Å². The van der Waals surface area contributed by atoms with Gasteiger partial charge in [-0.15, -0.1) is 26.3 Å². The van der Waals surface area contributed by atoms with Gasteiger partial charge in [-0.05, 0) is 148 Å². The normalized spacial score (nSPS) is 11.2. The highest BCUT2D eigenvalue weighted by Gasteiger charge is 2.17. The molecule has 61 heavy (non-hydrogen) atoms. The Kier molecular flexibility index (Phi) is 22.7. The Hall–Kier alpha value is -6.28. The lowest BCUT2D eigenvalue weighted by Crippen LogP contribution is -2.11. The van der Waals surface area contributed by atoms with Gasteiger partial charge in [-0.25, -0.2) is 19.2 Å². The third-order valence-electron chi connectivity index (χ3n) is 9.61.